The number of hydrogen-bond donors (Lipinski definition) is 4. The Hall–Kier alpha value is -2.90. The van der Waals surface area contributed by atoms with Crippen LogP contribution in [0.25, 0.3) is 10.9 Å². The molecule has 0 spiro atoms. The number of nitrogens with one attached hydrogen (secondary N) is 2. The van der Waals surface area contributed by atoms with Crippen molar-refractivity contribution in [2.24, 2.45) is 0 Å². The van der Waals surface area contributed by atoms with E-state index in [0.717, 1.165) is 0 Å². The summed E-state index contributed by atoms with van der Waals surface area (Å²) in [5, 5.41) is 27.0. The summed E-state index contributed by atoms with van der Waals surface area (Å²) in [7, 11) is 0. The van der Waals surface area contributed by atoms with Crippen molar-refractivity contribution in [3.8, 4) is 0 Å². The van der Waals surface area contributed by atoms with Gasteiger partial charge in [-0.3, -0.25) is 14.7 Å². The number of aromatic nitrogens is 2. The lowest BCUT2D eigenvalue weighted by atomic mass is 10.1. The second-order valence-electron chi connectivity index (χ2n) is 4.41. The molecular weight excluding hydrogens is 278 g/mol. The molecule has 1 heterocycles. The molecule has 8 heteroatoms. The predicted molar refractivity (Wildman–Crippen MR) is 71.9 cm³/mol. The van der Waals surface area contributed by atoms with E-state index in [1.54, 1.807) is 24.3 Å². The molecule has 0 fully saturated rings. The van der Waals surface area contributed by atoms with Gasteiger partial charge in [-0.1, -0.05) is 18.2 Å². The quantitative estimate of drug-likeness (QED) is 0.616. The van der Waals surface area contributed by atoms with Crippen molar-refractivity contribution in [2.75, 3.05) is 0 Å². The molecule has 0 aliphatic carbocycles. The highest BCUT2D eigenvalue weighted by Crippen LogP contribution is 2.15. The summed E-state index contributed by atoms with van der Waals surface area (Å²) in [5.41, 5.74) is 0.729. The third-order valence-corrected chi connectivity index (χ3v) is 2.94. The van der Waals surface area contributed by atoms with E-state index in [0.29, 0.717) is 10.9 Å². The minimum Gasteiger partial charge on any atom is -0.481 e. The Balaban J connectivity index is 2.15. The van der Waals surface area contributed by atoms with Crippen molar-refractivity contribution in [1.82, 2.24) is 15.5 Å². The number of rotatable bonds is 6. The van der Waals surface area contributed by atoms with Crippen molar-refractivity contribution in [3.63, 3.8) is 0 Å². The number of amides is 1. The minimum atomic E-state index is -1.29. The van der Waals surface area contributed by atoms with Crippen LogP contribution in [0.2, 0.25) is 0 Å². The standard InChI is InChI=1S/C13H13N3O5/c17-10(18)6-5-9(13(20)21)14-12(19)11-7-3-1-2-4-8(7)15-16-11/h1-4,9H,5-6H2,(H,14,19)(H,15,16)(H,17,18)(H,20,21). The molecule has 1 aromatic carbocycles. The third-order valence-electron chi connectivity index (χ3n) is 2.94. The molecule has 0 saturated heterocycles. The van der Waals surface area contributed by atoms with Crippen LogP contribution in [0.5, 0.6) is 0 Å². The molecule has 4 N–H and O–H groups in total. The summed E-state index contributed by atoms with van der Waals surface area (Å²) in [5.74, 6) is -3.07. The largest absolute Gasteiger partial charge is 0.481 e. The Kier molecular flexibility index (Phi) is 4.17. The maximum Gasteiger partial charge on any atom is 0.326 e. The molecular formula is C13H13N3O5. The average molecular weight is 291 g/mol. The van der Waals surface area contributed by atoms with Gasteiger partial charge in [-0.15, -0.1) is 0 Å². The van der Waals surface area contributed by atoms with Crippen LogP contribution in [-0.4, -0.2) is 44.3 Å². The highest BCUT2D eigenvalue weighted by atomic mass is 16.4. The third kappa shape index (κ3) is 3.35. The topological polar surface area (TPSA) is 132 Å². The van der Waals surface area contributed by atoms with Gasteiger partial charge in [0.15, 0.2) is 5.69 Å². The second kappa shape index (κ2) is 6.04. The fraction of sp³-hybridized carbons (Fsp3) is 0.231. The number of carbonyl (C=O) groups is 3. The maximum atomic E-state index is 12.1. The molecule has 0 saturated carbocycles. The van der Waals surface area contributed by atoms with E-state index < -0.39 is 23.9 Å². The number of H-pyrrole nitrogens is 1. The molecule has 0 aliphatic rings. The zero-order chi connectivity index (χ0) is 15.4. The van der Waals surface area contributed by atoms with Crippen LogP contribution in [0.4, 0.5) is 0 Å². The van der Waals surface area contributed by atoms with Crippen LogP contribution in [0.3, 0.4) is 0 Å². The molecule has 0 aliphatic heterocycles. The van der Waals surface area contributed by atoms with Gasteiger partial charge in [0.05, 0.1) is 5.52 Å². The Morgan fingerprint density at radius 2 is 1.95 bits per heavy atom. The van der Waals surface area contributed by atoms with Crippen LogP contribution >= 0.6 is 0 Å². The maximum absolute atomic E-state index is 12.1. The van der Waals surface area contributed by atoms with E-state index in [1.807, 2.05) is 0 Å². The average Bonchev–Trinajstić information content (AvgIpc) is 2.86. The number of hydrogen-bond acceptors (Lipinski definition) is 4. The molecule has 0 bridgehead atoms. The van der Waals surface area contributed by atoms with Gasteiger partial charge in [0.1, 0.15) is 6.04 Å². The molecule has 1 unspecified atom stereocenters. The molecule has 2 aromatic rings. The number of carboxylic acids is 2. The monoisotopic (exact) mass is 291 g/mol. The van der Waals surface area contributed by atoms with Gasteiger partial charge in [0.25, 0.3) is 5.91 Å². The number of para-hydroxylation sites is 1. The molecule has 1 aromatic heterocycles. The van der Waals surface area contributed by atoms with Crippen molar-refractivity contribution in [3.05, 3.63) is 30.0 Å². The first-order valence-corrected chi connectivity index (χ1v) is 6.17. The molecule has 1 amide bonds. The Morgan fingerprint density at radius 3 is 2.62 bits per heavy atom. The first-order valence-electron chi connectivity index (χ1n) is 6.17. The fourth-order valence-electron chi connectivity index (χ4n) is 1.89. The van der Waals surface area contributed by atoms with Gasteiger partial charge < -0.3 is 15.5 Å². The van der Waals surface area contributed by atoms with Crippen molar-refractivity contribution >= 4 is 28.7 Å². The molecule has 2 rings (SSSR count). The van der Waals surface area contributed by atoms with Crippen molar-refractivity contribution in [2.45, 2.75) is 18.9 Å². The zero-order valence-electron chi connectivity index (χ0n) is 10.9. The van der Waals surface area contributed by atoms with Crippen LogP contribution in [0.1, 0.15) is 23.3 Å². The normalized spacial score (nSPS) is 12.0. The number of benzene rings is 1. The van der Waals surface area contributed by atoms with Crippen molar-refractivity contribution < 1.29 is 24.6 Å². The van der Waals surface area contributed by atoms with Gasteiger partial charge >= 0.3 is 11.9 Å². The number of aliphatic carboxylic acids is 2. The molecule has 0 radical (unpaired) electrons. The van der Waals surface area contributed by atoms with Crippen LogP contribution in [0.15, 0.2) is 24.3 Å². The lowest BCUT2D eigenvalue weighted by molar-refractivity contribution is -0.140. The van der Waals surface area contributed by atoms with E-state index in [9.17, 15) is 14.4 Å². The summed E-state index contributed by atoms with van der Waals surface area (Å²) in [4.78, 5) is 33.6. The van der Waals surface area contributed by atoms with Crippen LogP contribution in [0, 0.1) is 0 Å². The van der Waals surface area contributed by atoms with E-state index in [2.05, 4.69) is 15.5 Å². The van der Waals surface area contributed by atoms with E-state index in [-0.39, 0.29) is 18.5 Å². The summed E-state index contributed by atoms with van der Waals surface area (Å²) in [6.07, 6.45) is -0.544. The van der Waals surface area contributed by atoms with Crippen molar-refractivity contribution in [1.29, 1.82) is 0 Å². The van der Waals surface area contributed by atoms with Gasteiger partial charge in [0.2, 0.25) is 0 Å². The Bertz CT molecular complexity index is 694. The van der Waals surface area contributed by atoms with Gasteiger partial charge in [-0.25, -0.2) is 4.79 Å². The van der Waals surface area contributed by atoms with E-state index >= 15 is 0 Å². The zero-order valence-corrected chi connectivity index (χ0v) is 10.9. The highest BCUT2D eigenvalue weighted by molar-refractivity contribution is 6.05. The molecule has 21 heavy (non-hydrogen) atoms. The SMILES string of the molecule is O=C(O)CCC(NC(=O)c1n[nH]c2ccccc12)C(=O)O. The van der Waals surface area contributed by atoms with Gasteiger partial charge in [-0.05, 0) is 12.5 Å². The predicted octanol–water partition coefficient (Wildman–Crippen LogP) is 0.611. The van der Waals surface area contributed by atoms with Gasteiger partial charge in [-0.2, -0.15) is 5.10 Å². The van der Waals surface area contributed by atoms with E-state index in [4.69, 9.17) is 10.2 Å². The van der Waals surface area contributed by atoms with Crippen LogP contribution < -0.4 is 5.32 Å². The van der Waals surface area contributed by atoms with Crippen LogP contribution in [-0.2, 0) is 9.59 Å². The lowest BCUT2D eigenvalue weighted by Gasteiger charge is -2.12. The summed E-state index contributed by atoms with van der Waals surface area (Å²) < 4.78 is 0. The van der Waals surface area contributed by atoms with E-state index in [1.165, 1.54) is 0 Å². The molecule has 110 valence electrons. The number of nitrogens with zero attached hydrogens (tertiary/aromatic N) is 1. The number of aromatic amines is 1. The summed E-state index contributed by atoms with van der Waals surface area (Å²) in [6.45, 7) is 0. The molecule has 1 atom stereocenters. The smallest absolute Gasteiger partial charge is 0.326 e. The molecule has 8 nitrogen and oxygen atoms in total. The first-order chi connectivity index (χ1) is 9.99. The number of fused-ring (bicyclic) bond motifs is 1. The second-order valence-corrected chi connectivity index (χ2v) is 4.41. The number of carbonyl (C=O) groups excluding carboxylic acids is 1. The fourth-order valence-corrected chi connectivity index (χ4v) is 1.89. The lowest BCUT2D eigenvalue weighted by Crippen LogP contribution is -2.41. The summed E-state index contributed by atoms with van der Waals surface area (Å²) >= 11 is 0. The first kappa shape index (κ1) is 14.5. The number of carboxylic acid groups (broad SMARTS) is 2. The Labute approximate surface area is 118 Å². The Morgan fingerprint density at radius 1 is 1.24 bits per heavy atom. The minimum absolute atomic E-state index is 0.0761. The summed E-state index contributed by atoms with van der Waals surface area (Å²) in [6, 6.07) is 5.64. The highest BCUT2D eigenvalue weighted by Gasteiger charge is 2.23. The van der Waals surface area contributed by atoms with Gasteiger partial charge in [0, 0.05) is 11.8 Å².